The van der Waals surface area contributed by atoms with Gasteiger partial charge < -0.3 is 16.0 Å². The van der Waals surface area contributed by atoms with E-state index in [0.29, 0.717) is 18.5 Å². The number of hydrogen-bond acceptors (Lipinski definition) is 1. The molecule has 0 saturated heterocycles. The predicted molar refractivity (Wildman–Crippen MR) is 106 cm³/mol. The van der Waals surface area contributed by atoms with Gasteiger partial charge in [-0.25, -0.2) is 0 Å². The molecule has 1 aromatic carbocycles. The summed E-state index contributed by atoms with van der Waals surface area (Å²) in [5.41, 5.74) is 9.80. The second-order valence-electron chi connectivity index (χ2n) is 5.48. The van der Waals surface area contributed by atoms with Gasteiger partial charge in [0.2, 0.25) is 0 Å². The van der Waals surface area contributed by atoms with Gasteiger partial charge in [-0.3, -0.25) is 4.99 Å². The molecule has 1 unspecified atom stereocenters. The van der Waals surface area contributed by atoms with Crippen molar-refractivity contribution >= 4 is 40.8 Å². The van der Waals surface area contributed by atoms with Crippen molar-refractivity contribution in [3.8, 4) is 0 Å². The van der Waals surface area contributed by atoms with Gasteiger partial charge in [0.05, 0.1) is 0 Å². The van der Waals surface area contributed by atoms with Crippen molar-refractivity contribution in [2.45, 2.75) is 46.1 Å². The average Bonchev–Trinajstić information content (AvgIpc) is 2.90. The minimum atomic E-state index is 0. The molecule has 0 aliphatic carbocycles. The van der Waals surface area contributed by atoms with Gasteiger partial charge in [0.25, 0.3) is 0 Å². The molecule has 0 spiro atoms. The molecule has 0 radical (unpaired) electrons. The number of nitrogens with one attached hydrogen (secondary N) is 2. The number of guanidine groups is 1. The molecular formula is C17H27IN4. The van der Waals surface area contributed by atoms with Gasteiger partial charge in [0.1, 0.15) is 0 Å². The van der Waals surface area contributed by atoms with E-state index < -0.39 is 0 Å². The number of aliphatic imine (C=N–C) groups is 1. The van der Waals surface area contributed by atoms with Gasteiger partial charge in [0, 0.05) is 29.7 Å². The smallest absolute Gasteiger partial charge is 0.188 e. The lowest BCUT2D eigenvalue weighted by Gasteiger charge is -2.11. The molecule has 2 rings (SSSR count). The Labute approximate surface area is 150 Å². The number of fused-ring (bicyclic) bond motifs is 1. The Morgan fingerprint density at radius 1 is 1.32 bits per heavy atom. The number of aromatic amines is 1. The highest BCUT2D eigenvalue weighted by Crippen LogP contribution is 2.22. The molecule has 4 N–H and O–H groups in total. The fraction of sp³-hybridized carbons (Fsp3) is 0.471. The highest BCUT2D eigenvalue weighted by Gasteiger charge is 2.06. The number of para-hydroxylation sites is 1. The molecule has 1 heterocycles. The topological polar surface area (TPSA) is 66.2 Å². The van der Waals surface area contributed by atoms with E-state index in [1.165, 1.54) is 22.0 Å². The molecule has 0 saturated carbocycles. The van der Waals surface area contributed by atoms with Crippen LogP contribution in [-0.2, 0) is 12.8 Å². The lowest BCUT2D eigenvalue weighted by molar-refractivity contribution is 0.636. The van der Waals surface area contributed by atoms with Gasteiger partial charge in [-0.15, -0.1) is 24.0 Å². The summed E-state index contributed by atoms with van der Waals surface area (Å²) >= 11 is 0. The third-order valence-corrected chi connectivity index (χ3v) is 3.94. The maximum Gasteiger partial charge on any atom is 0.188 e. The molecule has 5 heteroatoms. The molecule has 0 amide bonds. The van der Waals surface area contributed by atoms with Gasteiger partial charge in [-0.2, -0.15) is 0 Å². The summed E-state index contributed by atoms with van der Waals surface area (Å²) in [6.07, 6.45) is 5.08. The second kappa shape index (κ2) is 9.02. The van der Waals surface area contributed by atoms with Gasteiger partial charge in [-0.1, -0.05) is 32.0 Å². The Balaban J connectivity index is 0.00000242. The first-order valence-corrected chi connectivity index (χ1v) is 7.80. The van der Waals surface area contributed by atoms with E-state index >= 15 is 0 Å². The molecule has 1 atom stereocenters. The summed E-state index contributed by atoms with van der Waals surface area (Å²) in [7, 11) is 0. The van der Waals surface area contributed by atoms with E-state index in [1.54, 1.807) is 0 Å². The zero-order chi connectivity index (χ0) is 15.2. The van der Waals surface area contributed by atoms with Crippen molar-refractivity contribution in [1.82, 2.24) is 10.3 Å². The third-order valence-electron chi connectivity index (χ3n) is 3.94. The molecule has 0 aliphatic rings. The van der Waals surface area contributed by atoms with E-state index in [1.807, 2.05) is 0 Å². The molecule has 0 fully saturated rings. The number of nitrogens with zero attached hydrogens (tertiary/aromatic N) is 1. The highest BCUT2D eigenvalue weighted by molar-refractivity contribution is 14.0. The monoisotopic (exact) mass is 414 g/mol. The molecule has 0 aliphatic heterocycles. The fourth-order valence-electron chi connectivity index (χ4n) is 2.47. The van der Waals surface area contributed by atoms with Crippen LogP contribution in [0.3, 0.4) is 0 Å². The van der Waals surface area contributed by atoms with E-state index in [2.05, 4.69) is 60.5 Å². The number of benzene rings is 1. The standard InChI is InChI=1S/C17H26N4.HI/c1-4-12(3)21-17(18)19-10-9-14-11-20-16-13(5-2)7-6-8-15(14)16;/h6-8,11-12,20H,4-5,9-10H2,1-3H3,(H3,18,19,21);1H. The van der Waals surface area contributed by atoms with Crippen LogP contribution in [-0.4, -0.2) is 23.5 Å². The van der Waals surface area contributed by atoms with Crippen LogP contribution in [0.15, 0.2) is 29.4 Å². The van der Waals surface area contributed by atoms with Crippen LogP contribution in [0.1, 0.15) is 38.3 Å². The van der Waals surface area contributed by atoms with Crippen LogP contribution >= 0.6 is 24.0 Å². The van der Waals surface area contributed by atoms with Crippen LogP contribution in [0.2, 0.25) is 0 Å². The quantitative estimate of drug-likeness (QED) is 0.384. The van der Waals surface area contributed by atoms with Crippen LogP contribution in [0, 0.1) is 0 Å². The lowest BCUT2D eigenvalue weighted by Crippen LogP contribution is -2.38. The van der Waals surface area contributed by atoms with E-state index in [0.717, 1.165) is 19.3 Å². The van der Waals surface area contributed by atoms with E-state index in [4.69, 9.17) is 5.73 Å². The van der Waals surface area contributed by atoms with Crippen molar-refractivity contribution in [3.63, 3.8) is 0 Å². The van der Waals surface area contributed by atoms with Crippen molar-refractivity contribution in [1.29, 1.82) is 0 Å². The summed E-state index contributed by atoms with van der Waals surface area (Å²) in [5, 5.41) is 4.49. The normalized spacial score (nSPS) is 13.0. The summed E-state index contributed by atoms with van der Waals surface area (Å²) < 4.78 is 0. The number of aromatic nitrogens is 1. The van der Waals surface area contributed by atoms with Crippen LogP contribution in [0.4, 0.5) is 0 Å². The van der Waals surface area contributed by atoms with Crippen molar-refractivity contribution in [3.05, 3.63) is 35.5 Å². The second-order valence-corrected chi connectivity index (χ2v) is 5.48. The summed E-state index contributed by atoms with van der Waals surface area (Å²) in [6.45, 7) is 7.12. The first kappa shape index (κ1) is 18.8. The molecule has 1 aromatic heterocycles. The van der Waals surface area contributed by atoms with Crippen molar-refractivity contribution in [2.24, 2.45) is 10.7 Å². The Morgan fingerprint density at radius 2 is 2.09 bits per heavy atom. The third kappa shape index (κ3) is 4.63. The van der Waals surface area contributed by atoms with Gasteiger partial charge in [-0.05, 0) is 37.3 Å². The number of halogens is 1. The minimum absolute atomic E-state index is 0. The summed E-state index contributed by atoms with van der Waals surface area (Å²) in [4.78, 5) is 7.80. The van der Waals surface area contributed by atoms with E-state index in [-0.39, 0.29) is 24.0 Å². The Morgan fingerprint density at radius 3 is 2.77 bits per heavy atom. The predicted octanol–water partition coefficient (Wildman–Crippen LogP) is 3.59. The Bertz CT molecular complexity index is 618. The number of aryl methyl sites for hydroxylation is 1. The van der Waals surface area contributed by atoms with Crippen LogP contribution in [0.25, 0.3) is 10.9 Å². The molecule has 22 heavy (non-hydrogen) atoms. The largest absolute Gasteiger partial charge is 0.370 e. The number of H-pyrrole nitrogens is 1. The molecule has 122 valence electrons. The highest BCUT2D eigenvalue weighted by atomic mass is 127. The van der Waals surface area contributed by atoms with E-state index in [9.17, 15) is 0 Å². The Hall–Kier alpha value is -1.24. The number of nitrogens with two attached hydrogens (primary N) is 1. The zero-order valence-corrected chi connectivity index (χ0v) is 16.0. The summed E-state index contributed by atoms with van der Waals surface area (Å²) in [5.74, 6) is 0.540. The first-order chi connectivity index (χ1) is 10.2. The average molecular weight is 414 g/mol. The molecule has 4 nitrogen and oxygen atoms in total. The van der Waals surface area contributed by atoms with Gasteiger partial charge >= 0.3 is 0 Å². The van der Waals surface area contributed by atoms with Crippen LogP contribution in [0.5, 0.6) is 0 Å². The lowest BCUT2D eigenvalue weighted by atomic mass is 10.1. The zero-order valence-electron chi connectivity index (χ0n) is 13.6. The minimum Gasteiger partial charge on any atom is -0.370 e. The maximum absolute atomic E-state index is 5.88. The van der Waals surface area contributed by atoms with Crippen molar-refractivity contribution < 1.29 is 0 Å². The first-order valence-electron chi connectivity index (χ1n) is 7.80. The molecule has 0 bridgehead atoms. The SMILES string of the molecule is CCc1cccc2c(CCN=C(N)NC(C)CC)c[nH]c12.I. The van der Waals surface area contributed by atoms with Crippen LogP contribution < -0.4 is 11.1 Å². The van der Waals surface area contributed by atoms with Gasteiger partial charge in [0.15, 0.2) is 5.96 Å². The number of hydrogen-bond donors (Lipinski definition) is 3. The number of rotatable bonds is 6. The maximum atomic E-state index is 5.88. The summed E-state index contributed by atoms with van der Waals surface area (Å²) in [6, 6.07) is 6.84. The Kier molecular flexibility index (Phi) is 7.72. The molecule has 2 aromatic rings. The fourth-order valence-corrected chi connectivity index (χ4v) is 2.47. The molecular weight excluding hydrogens is 387 g/mol. The van der Waals surface area contributed by atoms with Crippen molar-refractivity contribution in [2.75, 3.05) is 6.54 Å².